The third-order valence-corrected chi connectivity index (χ3v) is 7.63. The number of nitro groups is 1. The molecule has 0 unspecified atom stereocenters. The van der Waals surface area contributed by atoms with E-state index in [-0.39, 0.29) is 10.9 Å². The monoisotopic (exact) mass is 543 g/mol. The SMILES string of the molecule is O=C(c1ccc2ncsc2c1)N(/N=C/c1ccc([N+](=O)[O-])s1)c1nc2ccc(Br)cc2s1. The van der Waals surface area contributed by atoms with E-state index in [9.17, 15) is 14.9 Å². The van der Waals surface area contributed by atoms with Crippen LogP contribution in [0.3, 0.4) is 0 Å². The van der Waals surface area contributed by atoms with Crippen molar-refractivity contribution in [2.75, 3.05) is 5.01 Å². The summed E-state index contributed by atoms with van der Waals surface area (Å²) < 4.78 is 2.69. The summed E-state index contributed by atoms with van der Waals surface area (Å²) in [6.45, 7) is 0. The van der Waals surface area contributed by atoms with Gasteiger partial charge in [-0.2, -0.15) is 10.1 Å². The van der Waals surface area contributed by atoms with Crippen LogP contribution in [0.15, 0.2) is 63.6 Å². The first-order valence-corrected chi connectivity index (χ1v) is 12.3. The van der Waals surface area contributed by atoms with E-state index in [1.165, 1.54) is 40.0 Å². The lowest BCUT2D eigenvalue weighted by atomic mass is 10.2. The van der Waals surface area contributed by atoms with Crippen molar-refractivity contribution >= 4 is 92.6 Å². The number of nitrogens with zero attached hydrogens (tertiary/aromatic N) is 5. The van der Waals surface area contributed by atoms with Crippen molar-refractivity contribution < 1.29 is 9.72 Å². The first kappa shape index (κ1) is 20.8. The fourth-order valence-electron chi connectivity index (χ4n) is 2.90. The molecule has 0 fully saturated rings. The molecular weight excluding hydrogens is 534 g/mol. The van der Waals surface area contributed by atoms with Gasteiger partial charge in [-0.15, -0.1) is 11.3 Å². The average Bonchev–Trinajstić information content (AvgIpc) is 3.52. The van der Waals surface area contributed by atoms with Gasteiger partial charge in [-0.25, -0.2) is 9.97 Å². The lowest BCUT2D eigenvalue weighted by Gasteiger charge is -2.13. The number of anilines is 1. The van der Waals surface area contributed by atoms with Crippen LogP contribution in [-0.2, 0) is 0 Å². The summed E-state index contributed by atoms with van der Waals surface area (Å²) in [6, 6.07) is 13.9. The first-order chi connectivity index (χ1) is 15.5. The van der Waals surface area contributed by atoms with E-state index in [0.717, 1.165) is 36.2 Å². The van der Waals surface area contributed by atoms with Gasteiger partial charge >= 0.3 is 5.00 Å². The van der Waals surface area contributed by atoms with Gasteiger partial charge in [0.05, 0.1) is 42.0 Å². The van der Waals surface area contributed by atoms with Gasteiger partial charge in [0, 0.05) is 16.1 Å². The second-order valence-electron chi connectivity index (χ2n) is 6.44. The Bertz CT molecular complexity index is 1520. The summed E-state index contributed by atoms with van der Waals surface area (Å²) in [6.07, 6.45) is 1.43. The maximum absolute atomic E-state index is 13.4. The highest BCUT2D eigenvalue weighted by Gasteiger charge is 2.22. The minimum Gasteiger partial charge on any atom is -0.267 e. The molecule has 2 aromatic carbocycles. The summed E-state index contributed by atoms with van der Waals surface area (Å²) in [5.74, 6) is -0.360. The van der Waals surface area contributed by atoms with Gasteiger partial charge in [0.25, 0.3) is 5.91 Å². The number of hydrazone groups is 1. The fourth-order valence-corrected chi connectivity index (χ4v) is 5.78. The van der Waals surface area contributed by atoms with Crippen molar-refractivity contribution in [1.82, 2.24) is 9.97 Å². The predicted octanol–water partition coefficient (Wildman–Crippen LogP) is 6.32. The number of rotatable bonds is 5. The molecule has 12 heteroatoms. The molecule has 0 bridgehead atoms. The summed E-state index contributed by atoms with van der Waals surface area (Å²) in [5, 5.41) is 17.0. The molecule has 0 aliphatic rings. The second kappa shape index (κ2) is 8.47. The number of fused-ring (bicyclic) bond motifs is 2. The van der Waals surface area contributed by atoms with Gasteiger partial charge in [0.2, 0.25) is 5.13 Å². The highest BCUT2D eigenvalue weighted by Crippen LogP contribution is 2.32. The number of thiophene rings is 1. The van der Waals surface area contributed by atoms with Crippen LogP contribution in [0, 0.1) is 10.1 Å². The van der Waals surface area contributed by atoms with Crippen LogP contribution in [0.4, 0.5) is 10.1 Å². The Morgan fingerprint density at radius 3 is 2.75 bits per heavy atom. The molecule has 0 atom stereocenters. The molecule has 5 rings (SSSR count). The maximum Gasteiger partial charge on any atom is 0.324 e. The van der Waals surface area contributed by atoms with Crippen LogP contribution in [0.25, 0.3) is 20.4 Å². The third-order valence-electron chi connectivity index (χ3n) is 4.38. The van der Waals surface area contributed by atoms with E-state index in [4.69, 9.17) is 0 Å². The van der Waals surface area contributed by atoms with Crippen molar-refractivity contribution in [3.8, 4) is 0 Å². The molecule has 0 radical (unpaired) electrons. The molecule has 0 saturated carbocycles. The van der Waals surface area contributed by atoms with Gasteiger partial charge in [0.1, 0.15) is 0 Å². The van der Waals surface area contributed by atoms with Crippen LogP contribution in [0.5, 0.6) is 0 Å². The summed E-state index contributed by atoms with van der Waals surface area (Å²) in [5.41, 5.74) is 3.73. The fraction of sp³-hybridized carbons (Fsp3) is 0. The van der Waals surface area contributed by atoms with Crippen molar-refractivity contribution in [1.29, 1.82) is 0 Å². The quantitative estimate of drug-likeness (QED) is 0.146. The molecule has 0 N–H and O–H groups in total. The van der Waals surface area contributed by atoms with E-state index < -0.39 is 4.92 Å². The Morgan fingerprint density at radius 1 is 1.09 bits per heavy atom. The highest BCUT2D eigenvalue weighted by molar-refractivity contribution is 9.10. The minimum absolute atomic E-state index is 0.00445. The van der Waals surface area contributed by atoms with Crippen LogP contribution < -0.4 is 5.01 Å². The lowest BCUT2D eigenvalue weighted by molar-refractivity contribution is -0.380. The molecule has 1 amide bonds. The number of amides is 1. The molecule has 3 heterocycles. The van der Waals surface area contributed by atoms with Crippen LogP contribution in [-0.4, -0.2) is 27.0 Å². The maximum atomic E-state index is 13.4. The Hall–Kier alpha value is -3.06. The highest BCUT2D eigenvalue weighted by atomic mass is 79.9. The van der Waals surface area contributed by atoms with Crippen molar-refractivity contribution in [2.45, 2.75) is 0 Å². The molecule has 0 saturated heterocycles. The zero-order valence-electron chi connectivity index (χ0n) is 15.8. The van der Waals surface area contributed by atoms with Gasteiger partial charge in [-0.1, -0.05) is 38.6 Å². The zero-order chi connectivity index (χ0) is 22.2. The number of hydrogen-bond donors (Lipinski definition) is 0. The number of carbonyl (C=O) groups is 1. The summed E-state index contributed by atoms with van der Waals surface area (Å²) >= 11 is 7.20. The Labute approximate surface area is 200 Å². The summed E-state index contributed by atoms with van der Waals surface area (Å²) in [4.78, 5) is 33.3. The lowest BCUT2D eigenvalue weighted by Crippen LogP contribution is -2.25. The van der Waals surface area contributed by atoms with E-state index in [2.05, 4.69) is 31.0 Å². The number of carbonyl (C=O) groups excluding carboxylic acids is 1. The molecule has 0 spiro atoms. The molecule has 32 heavy (non-hydrogen) atoms. The zero-order valence-corrected chi connectivity index (χ0v) is 19.9. The Kier molecular flexibility index (Phi) is 5.51. The van der Waals surface area contributed by atoms with Gasteiger partial charge < -0.3 is 0 Å². The minimum atomic E-state index is -0.458. The van der Waals surface area contributed by atoms with Crippen molar-refractivity contribution in [2.24, 2.45) is 5.10 Å². The van der Waals surface area contributed by atoms with Crippen LogP contribution in [0.1, 0.15) is 15.2 Å². The van der Waals surface area contributed by atoms with Crippen molar-refractivity contribution in [3.63, 3.8) is 0 Å². The second-order valence-corrected chi connectivity index (χ2v) is 10.3. The standard InChI is InChI=1S/C20H10BrN5O3S3/c21-12-2-5-15-17(8-12)32-20(24-15)25(23-9-13-3-6-18(31-13)26(28)29)19(27)11-1-4-14-16(7-11)30-10-22-14/h1-10H/b23-9+. The number of aromatic nitrogens is 2. The molecule has 8 nitrogen and oxygen atoms in total. The largest absolute Gasteiger partial charge is 0.324 e. The van der Waals surface area contributed by atoms with Gasteiger partial charge in [-0.05, 0) is 42.5 Å². The Balaban J connectivity index is 1.56. The van der Waals surface area contributed by atoms with Crippen LogP contribution in [0.2, 0.25) is 0 Å². The van der Waals surface area contributed by atoms with Crippen molar-refractivity contribution in [3.05, 3.63) is 79.1 Å². The normalized spacial score (nSPS) is 11.5. The van der Waals surface area contributed by atoms with E-state index in [0.29, 0.717) is 15.6 Å². The molecule has 3 aromatic heterocycles. The topological polar surface area (TPSA) is 102 Å². The summed E-state index contributed by atoms with van der Waals surface area (Å²) in [7, 11) is 0. The third kappa shape index (κ3) is 4.05. The molecule has 0 aliphatic carbocycles. The molecule has 5 aromatic rings. The number of thiazole rings is 2. The predicted molar refractivity (Wildman–Crippen MR) is 132 cm³/mol. The van der Waals surface area contributed by atoms with E-state index in [1.807, 2.05) is 18.2 Å². The van der Waals surface area contributed by atoms with E-state index in [1.54, 1.807) is 29.8 Å². The first-order valence-electron chi connectivity index (χ1n) is 9.00. The molecular formula is C20H10BrN5O3S3. The number of benzene rings is 2. The Morgan fingerprint density at radius 2 is 1.94 bits per heavy atom. The van der Waals surface area contributed by atoms with Gasteiger partial charge in [-0.3, -0.25) is 14.9 Å². The molecule has 158 valence electrons. The van der Waals surface area contributed by atoms with E-state index >= 15 is 0 Å². The smallest absolute Gasteiger partial charge is 0.267 e. The molecule has 0 aliphatic heterocycles. The van der Waals surface area contributed by atoms with Gasteiger partial charge in [0.15, 0.2) is 0 Å². The average molecular weight is 544 g/mol. The van der Waals surface area contributed by atoms with Crippen LogP contribution >= 0.6 is 49.9 Å². The number of hydrogen-bond acceptors (Lipinski definition) is 9. The number of halogens is 1.